The quantitative estimate of drug-likeness (QED) is 0.483. The first-order chi connectivity index (χ1) is 12.0. The normalized spacial score (nSPS) is 12.0. The molecule has 0 aromatic heterocycles. The van der Waals surface area contributed by atoms with Crippen LogP contribution in [0.2, 0.25) is 0 Å². The topological polar surface area (TPSA) is 98.6 Å². The lowest BCUT2D eigenvalue weighted by Gasteiger charge is -2.24. The number of hydrogen-bond donors (Lipinski definition) is 3. The third kappa shape index (κ3) is 2.46. The minimum atomic E-state index is -0.988. The molecule has 1 aliphatic rings. The Balaban J connectivity index is 1.93. The Hall–Kier alpha value is -3.47. The summed E-state index contributed by atoms with van der Waals surface area (Å²) in [6.07, 6.45) is 0.597. The van der Waals surface area contributed by atoms with E-state index in [0.717, 1.165) is 16.9 Å². The summed E-state index contributed by atoms with van der Waals surface area (Å²) in [7, 11) is 0. The molecule has 0 saturated heterocycles. The van der Waals surface area contributed by atoms with Gasteiger partial charge in [-0.05, 0) is 35.4 Å². The molecule has 3 aromatic rings. The van der Waals surface area contributed by atoms with Gasteiger partial charge in [0, 0.05) is 35.0 Å². The van der Waals surface area contributed by atoms with Gasteiger partial charge in [-0.2, -0.15) is 0 Å². The van der Waals surface area contributed by atoms with Crippen molar-refractivity contribution >= 4 is 17.3 Å². The first kappa shape index (κ1) is 15.1. The molecule has 1 aliphatic heterocycles. The van der Waals surface area contributed by atoms with E-state index >= 15 is 0 Å². The maximum atomic E-state index is 11.6. The molecule has 5 nitrogen and oxygen atoms in total. The van der Waals surface area contributed by atoms with Crippen LogP contribution >= 0.6 is 0 Å². The van der Waals surface area contributed by atoms with Crippen molar-refractivity contribution in [2.24, 2.45) is 0 Å². The number of ether oxygens (including phenoxy) is 1. The van der Waals surface area contributed by atoms with Gasteiger partial charge < -0.3 is 21.3 Å². The maximum Gasteiger partial charge on any atom is 0.336 e. The number of hydrogen-bond acceptors (Lipinski definition) is 4. The lowest BCUT2D eigenvalue weighted by molar-refractivity contribution is 0.0697. The van der Waals surface area contributed by atoms with E-state index < -0.39 is 5.97 Å². The lowest BCUT2D eigenvalue weighted by Crippen LogP contribution is -2.09. The van der Waals surface area contributed by atoms with E-state index in [9.17, 15) is 9.90 Å². The van der Waals surface area contributed by atoms with Crippen LogP contribution in [0.1, 0.15) is 21.5 Å². The maximum absolute atomic E-state index is 11.6. The summed E-state index contributed by atoms with van der Waals surface area (Å²) >= 11 is 0. The third-order valence-electron chi connectivity index (χ3n) is 4.41. The fraction of sp³-hybridized carbons (Fsp3) is 0.0500. The van der Waals surface area contributed by atoms with Crippen molar-refractivity contribution in [2.45, 2.75) is 6.42 Å². The molecule has 0 aliphatic carbocycles. The van der Waals surface area contributed by atoms with Crippen LogP contribution in [0.5, 0.6) is 11.5 Å². The average molecular weight is 332 g/mol. The van der Waals surface area contributed by atoms with Crippen molar-refractivity contribution in [3.8, 4) is 22.6 Å². The van der Waals surface area contributed by atoms with Crippen LogP contribution in [-0.2, 0) is 6.42 Å². The van der Waals surface area contributed by atoms with E-state index in [1.807, 2.05) is 18.2 Å². The number of carbonyl (C=O) groups is 1. The second-order valence-corrected chi connectivity index (χ2v) is 6.00. The highest BCUT2D eigenvalue weighted by molar-refractivity contribution is 5.99. The predicted molar refractivity (Wildman–Crippen MR) is 97.0 cm³/mol. The fourth-order valence-electron chi connectivity index (χ4n) is 3.24. The summed E-state index contributed by atoms with van der Waals surface area (Å²) < 4.78 is 5.99. The van der Waals surface area contributed by atoms with Crippen molar-refractivity contribution in [2.75, 3.05) is 11.5 Å². The van der Waals surface area contributed by atoms with Gasteiger partial charge >= 0.3 is 5.97 Å². The number of nitrogen functional groups attached to an aromatic ring is 2. The zero-order chi connectivity index (χ0) is 17.6. The number of carboxylic acid groups (broad SMARTS) is 1. The van der Waals surface area contributed by atoms with Gasteiger partial charge in [-0.25, -0.2) is 4.79 Å². The molecule has 0 fully saturated rings. The summed E-state index contributed by atoms with van der Waals surface area (Å²) in [5.41, 5.74) is 16.6. The van der Waals surface area contributed by atoms with E-state index in [0.29, 0.717) is 34.7 Å². The number of fused-ring (bicyclic) bond motifs is 2. The third-order valence-corrected chi connectivity index (χ3v) is 4.41. The number of carboxylic acids is 1. The van der Waals surface area contributed by atoms with Crippen molar-refractivity contribution < 1.29 is 14.6 Å². The van der Waals surface area contributed by atoms with Crippen molar-refractivity contribution in [1.82, 2.24) is 0 Å². The average Bonchev–Trinajstić information content (AvgIpc) is 2.60. The van der Waals surface area contributed by atoms with E-state index in [-0.39, 0.29) is 5.56 Å². The molecule has 1 heterocycles. The highest BCUT2D eigenvalue weighted by Crippen LogP contribution is 2.44. The van der Waals surface area contributed by atoms with Crippen LogP contribution in [-0.4, -0.2) is 11.1 Å². The Morgan fingerprint density at radius 2 is 1.80 bits per heavy atom. The Labute approximate surface area is 144 Å². The molecule has 25 heavy (non-hydrogen) atoms. The molecule has 4 rings (SSSR count). The van der Waals surface area contributed by atoms with Gasteiger partial charge in [0.15, 0.2) is 0 Å². The molecule has 0 amide bonds. The van der Waals surface area contributed by atoms with Crippen molar-refractivity contribution in [3.63, 3.8) is 0 Å². The molecule has 3 aromatic carbocycles. The zero-order valence-corrected chi connectivity index (χ0v) is 13.3. The van der Waals surface area contributed by atoms with Crippen molar-refractivity contribution in [1.29, 1.82) is 0 Å². The molecular formula is C20H16N2O3. The van der Waals surface area contributed by atoms with Crippen LogP contribution in [0.4, 0.5) is 11.4 Å². The minimum absolute atomic E-state index is 0.214. The van der Waals surface area contributed by atoms with Gasteiger partial charge in [0.25, 0.3) is 0 Å². The monoisotopic (exact) mass is 332 g/mol. The Kier molecular flexibility index (Phi) is 3.35. The van der Waals surface area contributed by atoms with E-state index in [1.165, 1.54) is 0 Å². The van der Waals surface area contributed by atoms with Crippen LogP contribution in [0.15, 0.2) is 54.6 Å². The standard InChI is InChI=1S/C20H16N2O3/c21-12-6-5-11-9-15-17(25-18(11)10-12)8-7-16(22)19(15)13-3-1-2-4-14(13)20(23)24/h1-8,10H,9,21-22H2,(H,23,24). The molecule has 0 saturated carbocycles. The second kappa shape index (κ2) is 5.56. The van der Waals surface area contributed by atoms with Gasteiger partial charge in [0.05, 0.1) is 5.56 Å². The molecule has 0 unspecified atom stereocenters. The number of aromatic carboxylic acids is 1. The number of benzene rings is 3. The first-order valence-electron chi connectivity index (χ1n) is 7.85. The van der Waals surface area contributed by atoms with Crippen LogP contribution in [0.25, 0.3) is 11.1 Å². The van der Waals surface area contributed by atoms with Gasteiger partial charge in [0.2, 0.25) is 0 Å². The van der Waals surface area contributed by atoms with E-state index in [2.05, 4.69) is 0 Å². The molecular weight excluding hydrogens is 316 g/mol. The summed E-state index contributed by atoms with van der Waals surface area (Å²) in [5.74, 6) is 0.398. The van der Waals surface area contributed by atoms with Gasteiger partial charge in [-0.3, -0.25) is 0 Å². The van der Waals surface area contributed by atoms with Crippen LogP contribution in [0.3, 0.4) is 0 Å². The van der Waals surface area contributed by atoms with Gasteiger partial charge in [0.1, 0.15) is 11.5 Å². The molecule has 0 bridgehead atoms. The van der Waals surface area contributed by atoms with Gasteiger partial charge in [-0.15, -0.1) is 0 Å². The first-order valence-corrected chi connectivity index (χ1v) is 7.85. The Morgan fingerprint density at radius 3 is 2.60 bits per heavy atom. The Morgan fingerprint density at radius 1 is 1.00 bits per heavy atom. The lowest BCUT2D eigenvalue weighted by atomic mass is 9.88. The molecule has 5 N–H and O–H groups in total. The molecule has 0 radical (unpaired) electrons. The molecule has 5 heteroatoms. The smallest absolute Gasteiger partial charge is 0.336 e. The number of rotatable bonds is 2. The van der Waals surface area contributed by atoms with Gasteiger partial charge in [-0.1, -0.05) is 24.3 Å². The number of nitrogens with two attached hydrogens (primary N) is 2. The Bertz CT molecular complexity index is 1010. The summed E-state index contributed by atoms with van der Waals surface area (Å²) in [5, 5.41) is 9.52. The minimum Gasteiger partial charge on any atom is -0.478 e. The fourth-order valence-corrected chi connectivity index (χ4v) is 3.24. The molecule has 0 atom stereocenters. The summed E-state index contributed by atoms with van der Waals surface area (Å²) in [6, 6.07) is 15.9. The second-order valence-electron chi connectivity index (χ2n) is 6.00. The highest BCUT2D eigenvalue weighted by Gasteiger charge is 2.24. The van der Waals surface area contributed by atoms with Crippen LogP contribution in [0, 0.1) is 0 Å². The van der Waals surface area contributed by atoms with E-state index in [1.54, 1.807) is 36.4 Å². The largest absolute Gasteiger partial charge is 0.478 e. The van der Waals surface area contributed by atoms with E-state index in [4.69, 9.17) is 16.2 Å². The summed E-state index contributed by atoms with van der Waals surface area (Å²) in [4.78, 5) is 11.6. The SMILES string of the molecule is Nc1ccc2c(c1)Oc1ccc(N)c(-c3ccccc3C(=O)O)c1C2. The molecule has 124 valence electrons. The predicted octanol–water partition coefficient (Wildman–Crippen LogP) is 3.91. The van der Waals surface area contributed by atoms with Crippen molar-refractivity contribution in [3.05, 3.63) is 71.3 Å². The van der Waals surface area contributed by atoms with Crippen LogP contribution < -0.4 is 16.2 Å². The highest BCUT2D eigenvalue weighted by atomic mass is 16.5. The zero-order valence-electron chi connectivity index (χ0n) is 13.3. The summed E-state index contributed by atoms with van der Waals surface area (Å²) in [6.45, 7) is 0. The molecule has 0 spiro atoms. The number of anilines is 2.